The Hall–Kier alpha value is -3.22. The van der Waals surface area contributed by atoms with Crippen molar-refractivity contribution in [2.75, 3.05) is 5.32 Å². The van der Waals surface area contributed by atoms with Crippen molar-refractivity contribution in [2.45, 2.75) is 30.2 Å². The third-order valence-corrected chi connectivity index (χ3v) is 6.57. The average Bonchev–Trinajstić information content (AvgIpc) is 3.58. The van der Waals surface area contributed by atoms with Gasteiger partial charge in [0.05, 0.1) is 4.90 Å². The molecule has 0 bridgehead atoms. The number of rotatable bonds is 8. The summed E-state index contributed by atoms with van der Waals surface area (Å²) in [5.41, 5.74) is 3.73. The topological polar surface area (TPSA) is 75.3 Å². The van der Waals surface area contributed by atoms with Crippen LogP contribution in [0.3, 0.4) is 0 Å². The molecule has 0 aliphatic heterocycles. The highest BCUT2D eigenvalue weighted by atomic mass is 32.2. The molecule has 3 aromatic rings. The van der Waals surface area contributed by atoms with Gasteiger partial charge in [-0.3, -0.25) is 4.79 Å². The maximum atomic E-state index is 12.4. The molecule has 0 unspecified atom stereocenters. The van der Waals surface area contributed by atoms with Gasteiger partial charge in [-0.25, -0.2) is 13.1 Å². The van der Waals surface area contributed by atoms with Gasteiger partial charge in [-0.2, -0.15) is 0 Å². The number of hydrogen-bond acceptors (Lipinski definition) is 3. The van der Waals surface area contributed by atoms with Gasteiger partial charge in [0.2, 0.25) is 15.9 Å². The summed E-state index contributed by atoms with van der Waals surface area (Å²) in [5, 5.41) is 2.93. The van der Waals surface area contributed by atoms with E-state index in [1.807, 2.05) is 42.5 Å². The molecule has 1 aliphatic rings. The minimum absolute atomic E-state index is 0.0676. The fourth-order valence-electron chi connectivity index (χ4n) is 3.21. The third-order valence-electron chi connectivity index (χ3n) is 5.03. The van der Waals surface area contributed by atoms with E-state index < -0.39 is 10.0 Å². The smallest absolute Gasteiger partial charge is 0.248 e. The van der Waals surface area contributed by atoms with Gasteiger partial charge in [0.25, 0.3) is 0 Å². The van der Waals surface area contributed by atoms with Gasteiger partial charge in [0.1, 0.15) is 0 Å². The van der Waals surface area contributed by atoms with Crippen molar-refractivity contribution in [2.24, 2.45) is 0 Å². The predicted molar refractivity (Wildman–Crippen MR) is 123 cm³/mol. The zero-order chi connectivity index (χ0) is 21.7. The fourth-order valence-corrected chi connectivity index (χ4v) is 4.51. The van der Waals surface area contributed by atoms with E-state index in [0.717, 1.165) is 36.1 Å². The summed E-state index contributed by atoms with van der Waals surface area (Å²) in [4.78, 5) is 12.7. The number of carbonyl (C=O) groups excluding carboxylic acids is 1. The van der Waals surface area contributed by atoms with Crippen molar-refractivity contribution in [3.8, 4) is 0 Å². The first-order valence-corrected chi connectivity index (χ1v) is 11.7. The molecule has 0 heterocycles. The molecule has 3 aromatic carbocycles. The molecule has 1 amide bonds. The minimum atomic E-state index is -3.47. The fraction of sp³-hybridized carbons (Fsp3) is 0.160. The first kappa shape index (κ1) is 21.0. The van der Waals surface area contributed by atoms with Gasteiger partial charge in [-0.05, 0) is 60.2 Å². The molecule has 31 heavy (non-hydrogen) atoms. The van der Waals surface area contributed by atoms with Crippen LogP contribution < -0.4 is 10.0 Å². The van der Waals surface area contributed by atoms with Crippen molar-refractivity contribution in [1.82, 2.24) is 4.72 Å². The molecule has 1 fully saturated rings. The Morgan fingerprint density at radius 3 is 2.29 bits per heavy atom. The molecule has 1 saturated carbocycles. The van der Waals surface area contributed by atoms with E-state index in [9.17, 15) is 13.2 Å². The zero-order valence-electron chi connectivity index (χ0n) is 17.0. The van der Waals surface area contributed by atoms with Crippen molar-refractivity contribution < 1.29 is 13.2 Å². The summed E-state index contributed by atoms with van der Waals surface area (Å²) in [6, 6.07) is 24.4. The Bertz CT molecular complexity index is 1180. The summed E-state index contributed by atoms with van der Waals surface area (Å²) >= 11 is 0. The Labute approximate surface area is 182 Å². The molecule has 2 N–H and O–H groups in total. The number of sulfonamides is 1. The van der Waals surface area contributed by atoms with Crippen LogP contribution in [0, 0.1) is 0 Å². The lowest BCUT2D eigenvalue weighted by molar-refractivity contribution is -0.111. The number of benzene rings is 3. The molecule has 4 rings (SSSR count). The van der Waals surface area contributed by atoms with Crippen molar-refractivity contribution in [3.05, 3.63) is 102 Å². The van der Waals surface area contributed by atoms with E-state index >= 15 is 0 Å². The number of hydrogen-bond donors (Lipinski definition) is 2. The maximum Gasteiger partial charge on any atom is 0.248 e. The lowest BCUT2D eigenvalue weighted by Crippen LogP contribution is -2.25. The first-order valence-electron chi connectivity index (χ1n) is 10.2. The Balaban J connectivity index is 1.40. The van der Waals surface area contributed by atoms with Crippen molar-refractivity contribution in [1.29, 1.82) is 0 Å². The number of anilines is 1. The lowest BCUT2D eigenvalue weighted by Gasteiger charge is -2.10. The third kappa shape index (κ3) is 5.90. The second-order valence-corrected chi connectivity index (χ2v) is 9.32. The minimum Gasteiger partial charge on any atom is -0.322 e. The van der Waals surface area contributed by atoms with E-state index in [2.05, 4.69) is 22.2 Å². The molecule has 0 aromatic heterocycles. The summed E-state index contributed by atoms with van der Waals surface area (Å²) in [6.45, 7) is 0. The van der Waals surface area contributed by atoms with Crippen molar-refractivity contribution >= 4 is 27.7 Å². The van der Waals surface area contributed by atoms with Gasteiger partial charge in [0, 0.05) is 17.8 Å². The SMILES string of the molecule is O=C(/C=C/c1ccc(S(=O)(=O)NC2CC2)cc1)Nc1ccccc1Cc1ccccc1. The highest BCUT2D eigenvalue weighted by molar-refractivity contribution is 7.89. The molecule has 6 heteroatoms. The van der Waals surface area contributed by atoms with E-state index in [0.29, 0.717) is 0 Å². The number of amides is 1. The Kier molecular flexibility index (Phi) is 6.30. The normalized spacial score (nSPS) is 13.9. The Morgan fingerprint density at radius 1 is 0.903 bits per heavy atom. The molecular formula is C25H24N2O3S. The Morgan fingerprint density at radius 2 is 1.58 bits per heavy atom. The molecule has 0 spiro atoms. The van der Waals surface area contributed by atoms with E-state index in [1.54, 1.807) is 30.3 Å². The van der Waals surface area contributed by atoms with Gasteiger partial charge >= 0.3 is 0 Å². The first-order chi connectivity index (χ1) is 15.0. The summed E-state index contributed by atoms with van der Waals surface area (Å²) in [5.74, 6) is -0.243. The van der Waals surface area contributed by atoms with E-state index in [4.69, 9.17) is 0 Å². The second kappa shape index (κ2) is 9.29. The largest absolute Gasteiger partial charge is 0.322 e. The van der Waals surface area contributed by atoms with Crippen LogP contribution in [0.5, 0.6) is 0 Å². The van der Waals surface area contributed by atoms with Crippen molar-refractivity contribution in [3.63, 3.8) is 0 Å². The maximum absolute atomic E-state index is 12.4. The van der Waals surface area contributed by atoms with Crippen LogP contribution in [0.25, 0.3) is 6.08 Å². The van der Waals surface area contributed by atoms with Gasteiger partial charge in [0.15, 0.2) is 0 Å². The highest BCUT2D eigenvalue weighted by Gasteiger charge is 2.27. The summed E-state index contributed by atoms with van der Waals surface area (Å²) < 4.78 is 27.1. The van der Waals surface area contributed by atoms with Crippen LogP contribution in [0.2, 0.25) is 0 Å². The second-order valence-electron chi connectivity index (χ2n) is 7.61. The van der Waals surface area contributed by atoms with Crippen LogP contribution in [0.1, 0.15) is 29.5 Å². The van der Waals surface area contributed by atoms with Gasteiger partial charge in [-0.15, -0.1) is 0 Å². The molecular weight excluding hydrogens is 408 g/mol. The number of carbonyl (C=O) groups is 1. The number of nitrogens with one attached hydrogen (secondary N) is 2. The van der Waals surface area contributed by atoms with Crippen LogP contribution >= 0.6 is 0 Å². The van der Waals surface area contributed by atoms with Crippen LogP contribution in [0.4, 0.5) is 5.69 Å². The lowest BCUT2D eigenvalue weighted by atomic mass is 10.0. The standard InChI is InChI=1S/C25H24N2O3S/c28-25(26-24-9-5-4-8-21(24)18-20-6-2-1-3-7-20)17-12-19-10-15-23(16-11-19)31(29,30)27-22-13-14-22/h1-12,15-17,22,27H,13-14,18H2,(H,26,28)/b17-12+. The molecule has 0 saturated heterocycles. The zero-order valence-corrected chi connectivity index (χ0v) is 17.8. The molecule has 5 nitrogen and oxygen atoms in total. The van der Waals surface area contributed by atoms with Gasteiger partial charge < -0.3 is 5.32 Å². The van der Waals surface area contributed by atoms with E-state index in [1.165, 1.54) is 11.6 Å². The molecule has 1 aliphatic carbocycles. The average molecular weight is 433 g/mol. The molecule has 0 radical (unpaired) electrons. The quantitative estimate of drug-likeness (QED) is 0.519. The van der Waals surface area contributed by atoms with E-state index in [-0.39, 0.29) is 16.8 Å². The monoisotopic (exact) mass is 432 g/mol. The van der Waals surface area contributed by atoms with Crippen LogP contribution in [-0.4, -0.2) is 20.4 Å². The van der Waals surface area contributed by atoms with Gasteiger partial charge in [-0.1, -0.05) is 60.7 Å². The summed E-state index contributed by atoms with van der Waals surface area (Å²) in [7, 11) is -3.47. The summed E-state index contributed by atoms with van der Waals surface area (Å²) in [6.07, 6.45) is 5.63. The van der Waals surface area contributed by atoms with Crippen LogP contribution in [0.15, 0.2) is 89.8 Å². The predicted octanol–water partition coefficient (Wildman–Crippen LogP) is 4.37. The molecule has 158 valence electrons. The molecule has 0 atom stereocenters. The number of para-hydroxylation sites is 1. The highest BCUT2D eigenvalue weighted by Crippen LogP contribution is 2.22. The van der Waals surface area contributed by atoms with Crippen LogP contribution in [-0.2, 0) is 21.2 Å².